The van der Waals surface area contributed by atoms with E-state index in [0.717, 1.165) is 12.2 Å². The maximum atomic E-state index is 8.81. The molecule has 1 rings (SSSR count). The largest absolute Gasteiger partial charge is 0.369 e. The molecule has 1 aromatic rings. The fourth-order valence-corrected chi connectivity index (χ4v) is 2.07. The summed E-state index contributed by atoms with van der Waals surface area (Å²) in [6.45, 7) is 5.74. The fourth-order valence-electron chi connectivity index (χ4n) is 1.77. The van der Waals surface area contributed by atoms with Crippen LogP contribution in [0, 0.1) is 28.6 Å². The van der Waals surface area contributed by atoms with Crippen LogP contribution in [0.5, 0.6) is 0 Å². The number of benzene rings is 1. The smallest absolute Gasteiger partial charge is 0.0992 e. The van der Waals surface area contributed by atoms with Gasteiger partial charge in [-0.2, -0.15) is 10.5 Å². The van der Waals surface area contributed by atoms with Gasteiger partial charge in [0.15, 0.2) is 0 Å². The molecule has 0 heterocycles. The molecule has 0 fully saturated rings. The number of hydrogen-bond donors (Lipinski definition) is 0. The number of nitriles is 2. The molecule has 0 radical (unpaired) electrons. The first kappa shape index (κ1) is 14.4. The predicted molar refractivity (Wildman–Crippen MR) is 73.4 cm³/mol. The lowest BCUT2D eigenvalue weighted by Gasteiger charge is -2.26. The van der Waals surface area contributed by atoms with Gasteiger partial charge in [-0.1, -0.05) is 25.4 Å². The Kier molecular flexibility index (Phi) is 5.49. The molecular weight excluding hydrogens is 246 g/mol. The Balaban J connectivity index is 2.98. The molecule has 0 aromatic heterocycles. The van der Waals surface area contributed by atoms with E-state index < -0.39 is 0 Å². The molecule has 94 valence electrons. The zero-order valence-corrected chi connectivity index (χ0v) is 11.4. The number of nitrogens with zero attached hydrogens (tertiary/aromatic N) is 3. The molecular formula is C14H16ClN3. The number of hydrogen-bond acceptors (Lipinski definition) is 3. The minimum Gasteiger partial charge on any atom is -0.369 e. The Hall–Kier alpha value is -1.71. The van der Waals surface area contributed by atoms with Crippen molar-refractivity contribution in [2.45, 2.75) is 20.3 Å². The van der Waals surface area contributed by atoms with Gasteiger partial charge in [0, 0.05) is 13.1 Å². The van der Waals surface area contributed by atoms with Crippen LogP contribution in [-0.4, -0.2) is 13.1 Å². The Morgan fingerprint density at radius 3 is 2.56 bits per heavy atom. The van der Waals surface area contributed by atoms with Gasteiger partial charge in [0.05, 0.1) is 34.8 Å². The normalized spacial score (nSPS) is 9.89. The molecule has 0 spiro atoms. The second kappa shape index (κ2) is 6.89. The van der Waals surface area contributed by atoms with Crippen LogP contribution >= 0.6 is 11.6 Å². The Morgan fingerprint density at radius 2 is 2.06 bits per heavy atom. The molecule has 0 bridgehead atoms. The highest BCUT2D eigenvalue weighted by Crippen LogP contribution is 2.27. The van der Waals surface area contributed by atoms with Gasteiger partial charge in [0.25, 0.3) is 0 Å². The second-order valence-corrected chi connectivity index (χ2v) is 4.93. The predicted octanol–water partition coefficient (Wildman–Crippen LogP) is 3.59. The van der Waals surface area contributed by atoms with Crippen LogP contribution in [-0.2, 0) is 0 Å². The zero-order valence-electron chi connectivity index (χ0n) is 10.7. The van der Waals surface area contributed by atoms with E-state index in [1.165, 1.54) is 0 Å². The van der Waals surface area contributed by atoms with Gasteiger partial charge in [-0.25, -0.2) is 0 Å². The van der Waals surface area contributed by atoms with Crippen molar-refractivity contribution in [1.29, 1.82) is 10.5 Å². The molecule has 1 aromatic carbocycles. The average molecular weight is 262 g/mol. The lowest BCUT2D eigenvalue weighted by atomic mass is 10.1. The highest BCUT2D eigenvalue weighted by atomic mass is 35.5. The van der Waals surface area contributed by atoms with Gasteiger partial charge in [-0.05, 0) is 24.1 Å². The quantitative estimate of drug-likeness (QED) is 0.814. The summed E-state index contributed by atoms with van der Waals surface area (Å²) in [4.78, 5) is 2.09. The van der Waals surface area contributed by atoms with Crippen molar-refractivity contribution in [1.82, 2.24) is 0 Å². The average Bonchev–Trinajstić information content (AvgIpc) is 2.34. The third-order valence-corrected chi connectivity index (χ3v) is 2.80. The van der Waals surface area contributed by atoms with Crippen LogP contribution in [0.25, 0.3) is 0 Å². The van der Waals surface area contributed by atoms with Gasteiger partial charge in [0.2, 0.25) is 0 Å². The third-order valence-electron chi connectivity index (χ3n) is 2.50. The molecule has 0 aliphatic heterocycles. The fraction of sp³-hybridized carbons (Fsp3) is 0.429. The summed E-state index contributed by atoms with van der Waals surface area (Å²) in [5.74, 6) is 0.482. The Labute approximate surface area is 113 Å². The first-order valence-electron chi connectivity index (χ1n) is 5.90. The molecule has 0 aliphatic rings. The van der Waals surface area contributed by atoms with Gasteiger partial charge in [-0.3, -0.25) is 0 Å². The van der Waals surface area contributed by atoms with Crippen molar-refractivity contribution >= 4 is 17.3 Å². The summed E-state index contributed by atoms with van der Waals surface area (Å²) in [6.07, 6.45) is 0.461. The summed E-state index contributed by atoms with van der Waals surface area (Å²) < 4.78 is 0. The van der Waals surface area contributed by atoms with E-state index in [2.05, 4.69) is 30.9 Å². The third kappa shape index (κ3) is 3.95. The number of rotatable bonds is 5. The summed E-state index contributed by atoms with van der Waals surface area (Å²) in [5.41, 5.74) is 1.44. The molecule has 0 amide bonds. The van der Waals surface area contributed by atoms with E-state index in [1.54, 1.807) is 12.1 Å². The van der Waals surface area contributed by atoms with Gasteiger partial charge in [0.1, 0.15) is 0 Å². The minimum atomic E-state index is 0.461. The molecule has 0 unspecified atom stereocenters. The Morgan fingerprint density at radius 1 is 1.33 bits per heavy atom. The minimum absolute atomic E-state index is 0.461. The SMILES string of the molecule is CC(C)CN(CCC#N)c1ccc(C#N)cc1Cl. The summed E-state index contributed by atoms with van der Waals surface area (Å²) in [7, 11) is 0. The molecule has 3 nitrogen and oxygen atoms in total. The number of halogens is 1. The van der Waals surface area contributed by atoms with E-state index in [4.69, 9.17) is 22.1 Å². The van der Waals surface area contributed by atoms with E-state index in [1.807, 2.05) is 6.07 Å². The lowest BCUT2D eigenvalue weighted by Crippen LogP contribution is -2.28. The van der Waals surface area contributed by atoms with Crippen LogP contribution < -0.4 is 4.90 Å². The van der Waals surface area contributed by atoms with Crippen molar-refractivity contribution in [2.24, 2.45) is 5.92 Å². The molecule has 0 saturated carbocycles. The molecule has 0 aliphatic carbocycles. The van der Waals surface area contributed by atoms with Gasteiger partial charge >= 0.3 is 0 Å². The van der Waals surface area contributed by atoms with Crippen LogP contribution in [0.1, 0.15) is 25.8 Å². The lowest BCUT2D eigenvalue weighted by molar-refractivity contribution is 0.612. The highest BCUT2D eigenvalue weighted by Gasteiger charge is 2.12. The second-order valence-electron chi connectivity index (χ2n) is 4.53. The maximum absolute atomic E-state index is 8.81. The van der Waals surface area contributed by atoms with Crippen LogP contribution in [0.15, 0.2) is 18.2 Å². The standard InChI is InChI=1S/C14H16ClN3/c1-11(2)10-18(7-3-6-16)14-5-4-12(9-17)8-13(14)15/h4-5,8,11H,3,7,10H2,1-2H3. The van der Waals surface area contributed by atoms with E-state index in [0.29, 0.717) is 29.5 Å². The molecule has 0 atom stereocenters. The van der Waals surface area contributed by atoms with Crippen LogP contribution in [0.4, 0.5) is 5.69 Å². The number of anilines is 1. The first-order chi connectivity index (χ1) is 8.58. The monoisotopic (exact) mass is 261 g/mol. The zero-order chi connectivity index (χ0) is 13.5. The van der Waals surface area contributed by atoms with Crippen molar-refractivity contribution in [3.63, 3.8) is 0 Å². The molecule has 0 saturated heterocycles. The van der Waals surface area contributed by atoms with Crippen molar-refractivity contribution < 1.29 is 0 Å². The topological polar surface area (TPSA) is 50.8 Å². The highest BCUT2D eigenvalue weighted by molar-refractivity contribution is 6.33. The van der Waals surface area contributed by atoms with E-state index in [-0.39, 0.29) is 0 Å². The molecule has 4 heteroatoms. The maximum Gasteiger partial charge on any atom is 0.0992 e. The van der Waals surface area contributed by atoms with Crippen LogP contribution in [0.2, 0.25) is 5.02 Å². The summed E-state index contributed by atoms with van der Waals surface area (Å²) in [6, 6.07) is 9.47. The Bertz CT molecular complexity index is 483. The van der Waals surface area contributed by atoms with Crippen molar-refractivity contribution in [2.75, 3.05) is 18.0 Å². The first-order valence-corrected chi connectivity index (χ1v) is 6.27. The molecule has 0 N–H and O–H groups in total. The molecule has 18 heavy (non-hydrogen) atoms. The van der Waals surface area contributed by atoms with Gasteiger partial charge < -0.3 is 4.90 Å². The van der Waals surface area contributed by atoms with E-state index >= 15 is 0 Å². The van der Waals surface area contributed by atoms with Crippen molar-refractivity contribution in [3.8, 4) is 12.1 Å². The van der Waals surface area contributed by atoms with Gasteiger partial charge in [-0.15, -0.1) is 0 Å². The van der Waals surface area contributed by atoms with Crippen LogP contribution in [0.3, 0.4) is 0 Å². The van der Waals surface area contributed by atoms with E-state index in [9.17, 15) is 0 Å². The van der Waals surface area contributed by atoms with Crippen molar-refractivity contribution in [3.05, 3.63) is 28.8 Å². The summed E-state index contributed by atoms with van der Waals surface area (Å²) in [5, 5.41) is 18.1. The summed E-state index contributed by atoms with van der Waals surface area (Å²) >= 11 is 6.19.